The molecule has 25 heavy (non-hydrogen) atoms. The van der Waals surface area contributed by atoms with Crippen LogP contribution in [-0.4, -0.2) is 27.9 Å². The van der Waals surface area contributed by atoms with Gasteiger partial charge in [0.1, 0.15) is 18.2 Å². The molecule has 4 nitrogen and oxygen atoms in total. The fourth-order valence-corrected chi connectivity index (χ4v) is 2.82. The van der Waals surface area contributed by atoms with Gasteiger partial charge in [-0.25, -0.2) is 4.98 Å². The average Bonchev–Trinajstić information content (AvgIpc) is 3.10. The molecule has 0 atom stereocenters. The quantitative estimate of drug-likeness (QED) is 0.679. The largest absolute Gasteiger partial charge is 0.491 e. The summed E-state index contributed by atoms with van der Waals surface area (Å²) in [6.45, 7) is 3.38. The smallest absolute Gasteiger partial charge is 0.139 e. The SMILES string of the molecule is Cc1ccc(CCCn2ccnc2-c2ccc(OCCO)cc2)cc1. The Labute approximate surface area is 148 Å². The second-order valence-electron chi connectivity index (χ2n) is 6.13. The van der Waals surface area contributed by atoms with Crippen LogP contribution in [0.5, 0.6) is 5.75 Å². The van der Waals surface area contributed by atoms with E-state index < -0.39 is 0 Å². The molecule has 0 aliphatic heterocycles. The van der Waals surface area contributed by atoms with E-state index in [2.05, 4.69) is 40.7 Å². The van der Waals surface area contributed by atoms with Crippen LogP contribution in [0.4, 0.5) is 0 Å². The van der Waals surface area contributed by atoms with Crippen LogP contribution >= 0.6 is 0 Å². The minimum Gasteiger partial charge on any atom is -0.491 e. The van der Waals surface area contributed by atoms with Gasteiger partial charge in [-0.1, -0.05) is 29.8 Å². The molecule has 0 fully saturated rings. The van der Waals surface area contributed by atoms with Crippen molar-refractivity contribution in [3.63, 3.8) is 0 Å². The van der Waals surface area contributed by atoms with E-state index in [1.165, 1.54) is 11.1 Å². The van der Waals surface area contributed by atoms with Crippen molar-refractivity contribution in [1.82, 2.24) is 9.55 Å². The van der Waals surface area contributed by atoms with E-state index in [0.29, 0.717) is 6.61 Å². The van der Waals surface area contributed by atoms with Crippen LogP contribution < -0.4 is 4.74 Å². The number of nitrogens with zero attached hydrogens (tertiary/aromatic N) is 2. The predicted molar refractivity (Wildman–Crippen MR) is 99.7 cm³/mol. The van der Waals surface area contributed by atoms with Gasteiger partial charge in [0.2, 0.25) is 0 Å². The molecule has 1 aromatic heterocycles. The number of aromatic nitrogens is 2. The first kappa shape index (κ1) is 17.2. The molecule has 3 rings (SSSR count). The summed E-state index contributed by atoms with van der Waals surface area (Å²) in [4.78, 5) is 4.50. The molecule has 4 heteroatoms. The summed E-state index contributed by atoms with van der Waals surface area (Å²) in [5, 5.41) is 8.81. The van der Waals surface area contributed by atoms with E-state index in [9.17, 15) is 0 Å². The zero-order valence-electron chi connectivity index (χ0n) is 14.6. The van der Waals surface area contributed by atoms with Crippen LogP contribution in [0, 0.1) is 6.92 Å². The summed E-state index contributed by atoms with van der Waals surface area (Å²) in [6, 6.07) is 16.6. The maximum Gasteiger partial charge on any atom is 0.139 e. The fraction of sp³-hybridized carbons (Fsp3) is 0.286. The number of rotatable bonds is 8. The lowest BCUT2D eigenvalue weighted by Crippen LogP contribution is -2.02. The van der Waals surface area contributed by atoms with Crippen molar-refractivity contribution in [3.05, 3.63) is 72.1 Å². The highest BCUT2D eigenvalue weighted by atomic mass is 16.5. The van der Waals surface area contributed by atoms with Gasteiger partial charge in [0.05, 0.1) is 6.61 Å². The Morgan fingerprint density at radius 3 is 2.52 bits per heavy atom. The first-order chi connectivity index (χ1) is 12.3. The van der Waals surface area contributed by atoms with Crippen LogP contribution in [0.3, 0.4) is 0 Å². The highest BCUT2D eigenvalue weighted by Crippen LogP contribution is 2.21. The van der Waals surface area contributed by atoms with Crippen LogP contribution in [0.2, 0.25) is 0 Å². The Balaban J connectivity index is 1.61. The molecule has 1 heterocycles. The van der Waals surface area contributed by atoms with Gasteiger partial charge in [-0.15, -0.1) is 0 Å². The lowest BCUT2D eigenvalue weighted by molar-refractivity contribution is 0.201. The number of imidazole rings is 1. The first-order valence-electron chi connectivity index (χ1n) is 8.67. The second-order valence-corrected chi connectivity index (χ2v) is 6.13. The van der Waals surface area contributed by atoms with Gasteiger partial charge in [-0.05, 0) is 49.6 Å². The van der Waals surface area contributed by atoms with Crippen molar-refractivity contribution in [1.29, 1.82) is 0 Å². The number of aliphatic hydroxyl groups is 1. The van der Waals surface area contributed by atoms with Crippen LogP contribution in [0.25, 0.3) is 11.4 Å². The third-order valence-corrected chi connectivity index (χ3v) is 4.17. The van der Waals surface area contributed by atoms with E-state index >= 15 is 0 Å². The Bertz CT molecular complexity index is 776. The molecule has 0 bridgehead atoms. The van der Waals surface area contributed by atoms with Crippen molar-refractivity contribution < 1.29 is 9.84 Å². The molecule has 0 spiro atoms. The summed E-state index contributed by atoms with van der Waals surface area (Å²) < 4.78 is 7.60. The van der Waals surface area contributed by atoms with Crippen molar-refractivity contribution in [2.75, 3.05) is 13.2 Å². The van der Waals surface area contributed by atoms with E-state index in [0.717, 1.165) is 36.5 Å². The van der Waals surface area contributed by atoms with Gasteiger partial charge in [-0.3, -0.25) is 0 Å². The molecule has 1 N–H and O–H groups in total. The molecular formula is C21H24N2O2. The standard InChI is InChI=1S/C21H24N2O2/c1-17-4-6-18(7-5-17)3-2-13-23-14-12-22-21(23)19-8-10-20(11-9-19)25-16-15-24/h4-12,14,24H,2-3,13,15-16H2,1H3. The molecule has 130 valence electrons. The van der Waals surface area contributed by atoms with E-state index in [4.69, 9.17) is 9.84 Å². The van der Waals surface area contributed by atoms with Crippen LogP contribution in [0.1, 0.15) is 17.5 Å². The molecule has 0 saturated carbocycles. The maximum atomic E-state index is 8.81. The van der Waals surface area contributed by atoms with Crippen LogP contribution in [0.15, 0.2) is 60.9 Å². The zero-order valence-corrected chi connectivity index (χ0v) is 14.6. The molecule has 0 unspecified atom stereocenters. The Kier molecular flexibility index (Phi) is 5.86. The number of hydrogen-bond donors (Lipinski definition) is 1. The van der Waals surface area contributed by atoms with E-state index in [1.54, 1.807) is 0 Å². The lowest BCUT2D eigenvalue weighted by Gasteiger charge is -2.09. The normalized spacial score (nSPS) is 10.8. The molecule has 0 saturated heterocycles. The van der Waals surface area contributed by atoms with E-state index in [1.807, 2.05) is 36.7 Å². The lowest BCUT2D eigenvalue weighted by atomic mass is 10.1. The van der Waals surface area contributed by atoms with Crippen molar-refractivity contribution in [3.8, 4) is 17.1 Å². The monoisotopic (exact) mass is 336 g/mol. The van der Waals surface area contributed by atoms with Crippen molar-refractivity contribution in [2.24, 2.45) is 0 Å². The number of aryl methyl sites for hydroxylation is 3. The molecule has 0 amide bonds. The summed E-state index contributed by atoms with van der Waals surface area (Å²) in [5.41, 5.74) is 3.74. The van der Waals surface area contributed by atoms with Crippen molar-refractivity contribution in [2.45, 2.75) is 26.3 Å². The molecule has 0 radical (unpaired) electrons. The minimum atomic E-state index is 0.0210. The zero-order chi connectivity index (χ0) is 17.5. The predicted octanol–water partition coefficient (Wildman–Crippen LogP) is 3.86. The summed E-state index contributed by atoms with van der Waals surface area (Å²) >= 11 is 0. The van der Waals surface area contributed by atoms with Gasteiger partial charge >= 0.3 is 0 Å². The fourth-order valence-electron chi connectivity index (χ4n) is 2.82. The Hall–Kier alpha value is -2.59. The van der Waals surface area contributed by atoms with Gasteiger partial charge in [0, 0.05) is 24.5 Å². The van der Waals surface area contributed by atoms with Gasteiger partial charge in [0.25, 0.3) is 0 Å². The summed E-state index contributed by atoms with van der Waals surface area (Å²) in [6.07, 6.45) is 6.01. The highest BCUT2D eigenvalue weighted by molar-refractivity contribution is 5.56. The third-order valence-electron chi connectivity index (χ3n) is 4.17. The highest BCUT2D eigenvalue weighted by Gasteiger charge is 2.06. The molecule has 0 aliphatic carbocycles. The number of aliphatic hydroxyl groups excluding tert-OH is 1. The first-order valence-corrected chi connectivity index (χ1v) is 8.67. The Morgan fingerprint density at radius 2 is 1.80 bits per heavy atom. The molecule has 3 aromatic rings. The maximum absolute atomic E-state index is 8.81. The average molecular weight is 336 g/mol. The molecule has 2 aromatic carbocycles. The number of hydrogen-bond acceptors (Lipinski definition) is 3. The van der Waals surface area contributed by atoms with Crippen LogP contribution in [-0.2, 0) is 13.0 Å². The second kappa shape index (κ2) is 8.49. The number of ether oxygens (including phenoxy) is 1. The van der Waals surface area contributed by atoms with E-state index in [-0.39, 0.29) is 6.61 Å². The summed E-state index contributed by atoms with van der Waals surface area (Å²) in [7, 11) is 0. The Morgan fingerprint density at radius 1 is 1.04 bits per heavy atom. The topological polar surface area (TPSA) is 47.3 Å². The third kappa shape index (κ3) is 4.70. The van der Waals surface area contributed by atoms with Crippen molar-refractivity contribution >= 4 is 0 Å². The molecule has 0 aliphatic rings. The van der Waals surface area contributed by atoms with Gasteiger partial charge < -0.3 is 14.4 Å². The molecular weight excluding hydrogens is 312 g/mol. The number of benzene rings is 2. The minimum absolute atomic E-state index is 0.0210. The van der Waals surface area contributed by atoms with Gasteiger partial charge in [0.15, 0.2) is 0 Å². The van der Waals surface area contributed by atoms with Gasteiger partial charge in [-0.2, -0.15) is 0 Å². The summed E-state index contributed by atoms with van der Waals surface area (Å²) in [5.74, 6) is 1.73.